The first-order valence-electron chi connectivity index (χ1n) is 8.35. The maximum atomic E-state index is 11.4. The highest BCUT2D eigenvalue weighted by molar-refractivity contribution is 5.80. The molecule has 1 aromatic heterocycles. The first kappa shape index (κ1) is 19.8. The molecule has 132 valence electrons. The lowest BCUT2D eigenvalue weighted by Gasteiger charge is -2.15. The van der Waals surface area contributed by atoms with Gasteiger partial charge in [0.15, 0.2) is 0 Å². The Bertz CT molecular complexity index is 464. The number of ketones is 1. The number of carbonyl (C=O) groups is 1. The molecular formula is C17H31N3O3. The number of nitrogens with zero attached hydrogens (tertiary/aromatic N) is 3. The van der Waals surface area contributed by atoms with Gasteiger partial charge in [-0.15, -0.1) is 5.10 Å². The standard InChI is InChI=1S/C17H31N3O3/c1-14(2)16(21)6-8-22-10-11-23-9-7-20-13-15(18-19-20)12-17(3,4)5/h13-14H,6-12H2,1-5H3. The highest BCUT2D eigenvalue weighted by atomic mass is 16.5. The van der Waals surface area contributed by atoms with Gasteiger partial charge in [-0.05, 0) is 11.8 Å². The zero-order valence-electron chi connectivity index (χ0n) is 15.2. The summed E-state index contributed by atoms with van der Waals surface area (Å²) in [6.45, 7) is 13.1. The molecule has 6 nitrogen and oxygen atoms in total. The predicted octanol–water partition coefficient (Wildman–Crippen LogP) is 2.52. The van der Waals surface area contributed by atoms with Gasteiger partial charge in [0.2, 0.25) is 0 Å². The Labute approximate surface area is 139 Å². The molecule has 0 N–H and O–H groups in total. The van der Waals surface area contributed by atoms with Gasteiger partial charge in [-0.3, -0.25) is 4.79 Å². The highest BCUT2D eigenvalue weighted by Crippen LogP contribution is 2.18. The molecule has 0 bridgehead atoms. The smallest absolute Gasteiger partial charge is 0.137 e. The second kappa shape index (κ2) is 9.78. The van der Waals surface area contributed by atoms with Gasteiger partial charge in [-0.25, -0.2) is 4.68 Å². The van der Waals surface area contributed by atoms with Crippen molar-refractivity contribution in [3.63, 3.8) is 0 Å². The summed E-state index contributed by atoms with van der Waals surface area (Å²) in [6.07, 6.45) is 3.37. The maximum Gasteiger partial charge on any atom is 0.137 e. The molecule has 0 amide bonds. The minimum Gasteiger partial charge on any atom is -0.379 e. The van der Waals surface area contributed by atoms with Gasteiger partial charge in [0.05, 0.1) is 38.7 Å². The molecule has 0 saturated heterocycles. The van der Waals surface area contributed by atoms with Crippen LogP contribution in [0.5, 0.6) is 0 Å². The first-order valence-corrected chi connectivity index (χ1v) is 8.35. The second-order valence-electron chi connectivity index (χ2n) is 7.31. The molecule has 1 aromatic rings. The summed E-state index contributed by atoms with van der Waals surface area (Å²) in [7, 11) is 0. The topological polar surface area (TPSA) is 66.2 Å². The molecular weight excluding hydrogens is 294 g/mol. The van der Waals surface area contributed by atoms with Crippen molar-refractivity contribution in [2.45, 2.75) is 54.0 Å². The van der Waals surface area contributed by atoms with Crippen LogP contribution in [0.4, 0.5) is 0 Å². The Morgan fingerprint density at radius 3 is 2.43 bits per heavy atom. The van der Waals surface area contributed by atoms with Crippen LogP contribution in [0.25, 0.3) is 0 Å². The Hall–Kier alpha value is -1.27. The van der Waals surface area contributed by atoms with E-state index in [1.165, 1.54) is 0 Å². The van der Waals surface area contributed by atoms with Gasteiger partial charge in [-0.1, -0.05) is 39.8 Å². The van der Waals surface area contributed by atoms with Gasteiger partial charge in [0.1, 0.15) is 5.78 Å². The van der Waals surface area contributed by atoms with E-state index in [4.69, 9.17) is 9.47 Å². The van der Waals surface area contributed by atoms with Crippen molar-refractivity contribution >= 4 is 5.78 Å². The summed E-state index contributed by atoms with van der Waals surface area (Å²) < 4.78 is 12.7. The number of carbonyl (C=O) groups excluding carboxylic acids is 1. The maximum absolute atomic E-state index is 11.4. The zero-order valence-corrected chi connectivity index (χ0v) is 15.2. The van der Waals surface area contributed by atoms with Crippen LogP contribution in [0.3, 0.4) is 0 Å². The van der Waals surface area contributed by atoms with E-state index in [9.17, 15) is 4.79 Å². The van der Waals surface area contributed by atoms with Crippen molar-refractivity contribution in [1.82, 2.24) is 15.0 Å². The van der Waals surface area contributed by atoms with E-state index >= 15 is 0 Å². The fraction of sp³-hybridized carbons (Fsp3) is 0.824. The van der Waals surface area contributed by atoms with Gasteiger partial charge >= 0.3 is 0 Å². The van der Waals surface area contributed by atoms with Crippen LogP contribution in [0.2, 0.25) is 0 Å². The minimum absolute atomic E-state index is 0.0840. The lowest BCUT2D eigenvalue weighted by molar-refractivity contribution is -0.123. The summed E-state index contributed by atoms with van der Waals surface area (Å²) in [5.41, 5.74) is 1.22. The van der Waals surface area contributed by atoms with Gasteiger partial charge < -0.3 is 9.47 Å². The van der Waals surface area contributed by atoms with Crippen molar-refractivity contribution in [1.29, 1.82) is 0 Å². The van der Waals surface area contributed by atoms with Crippen LogP contribution in [0.1, 0.15) is 46.7 Å². The molecule has 0 atom stereocenters. The first-order chi connectivity index (χ1) is 10.8. The number of rotatable bonds is 11. The molecule has 0 aromatic carbocycles. The number of hydrogen-bond donors (Lipinski definition) is 0. The fourth-order valence-corrected chi connectivity index (χ4v) is 2.01. The SMILES string of the molecule is CC(C)C(=O)CCOCCOCCn1cc(CC(C)(C)C)nn1. The number of hydrogen-bond acceptors (Lipinski definition) is 5. The molecule has 0 aliphatic carbocycles. The predicted molar refractivity (Wildman–Crippen MR) is 89.3 cm³/mol. The van der Waals surface area contributed by atoms with E-state index in [-0.39, 0.29) is 17.1 Å². The lowest BCUT2D eigenvalue weighted by Crippen LogP contribution is -2.13. The summed E-state index contributed by atoms with van der Waals surface area (Å²) >= 11 is 0. The Kier molecular flexibility index (Phi) is 8.41. The Morgan fingerprint density at radius 2 is 1.83 bits per heavy atom. The zero-order chi connectivity index (χ0) is 17.3. The summed E-state index contributed by atoms with van der Waals surface area (Å²) in [5, 5.41) is 8.27. The molecule has 0 spiro atoms. The van der Waals surface area contributed by atoms with Crippen LogP contribution in [0.15, 0.2) is 6.20 Å². The van der Waals surface area contributed by atoms with E-state index < -0.39 is 0 Å². The molecule has 6 heteroatoms. The molecule has 0 fully saturated rings. The van der Waals surface area contributed by atoms with Crippen LogP contribution >= 0.6 is 0 Å². The van der Waals surface area contributed by atoms with Crippen LogP contribution in [0, 0.1) is 11.3 Å². The van der Waals surface area contributed by atoms with Crippen molar-refractivity contribution in [2.24, 2.45) is 11.3 Å². The molecule has 0 aliphatic rings. The number of aromatic nitrogens is 3. The Balaban J connectivity index is 2.04. The number of ether oxygens (including phenoxy) is 2. The van der Waals surface area contributed by atoms with Gasteiger partial charge in [-0.2, -0.15) is 0 Å². The number of Topliss-reactive ketones (excluding diaryl/α,β-unsaturated/α-hetero) is 1. The summed E-state index contributed by atoms with van der Waals surface area (Å²) in [4.78, 5) is 11.4. The molecule has 1 heterocycles. The van der Waals surface area contributed by atoms with Crippen LogP contribution in [-0.4, -0.2) is 47.2 Å². The van der Waals surface area contributed by atoms with Crippen LogP contribution < -0.4 is 0 Å². The van der Waals surface area contributed by atoms with Crippen molar-refractivity contribution in [3.05, 3.63) is 11.9 Å². The fourth-order valence-electron chi connectivity index (χ4n) is 2.01. The second-order valence-corrected chi connectivity index (χ2v) is 7.31. The quantitative estimate of drug-likeness (QED) is 0.585. The monoisotopic (exact) mass is 325 g/mol. The van der Waals surface area contributed by atoms with E-state index in [2.05, 4.69) is 31.1 Å². The Morgan fingerprint density at radius 1 is 1.17 bits per heavy atom. The molecule has 0 radical (unpaired) electrons. The molecule has 0 saturated carbocycles. The lowest BCUT2D eigenvalue weighted by atomic mass is 9.91. The third-order valence-electron chi connectivity index (χ3n) is 3.27. The summed E-state index contributed by atoms with van der Waals surface area (Å²) in [5.74, 6) is 0.323. The van der Waals surface area contributed by atoms with Crippen LogP contribution in [-0.2, 0) is 27.2 Å². The average Bonchev–Trinajstić information content (AvgIpc) is 2.86. The third kappa shape index (κ3) is 9.46. The van der Waals surface area contributed by atoms with Gasteiger partial charge in [0, 0.05) is 18.5 Å². The van der Waals surface area contributed by atoms with Crippen molar-refractivity contribution in [2.75, 3.05) is 26.4 Å². The third-order valence-corrected chi connectivity index (χ3v) is 3.27. The highest BCUT2D eigenvalue weighted by Gasteiger charge is 2.13. The van der Waals surface area contributed by atoms with E-state index in [0.29, 0.717) is 39.4 Å². The molecule has 23 heavy (non-hydrogen) atoms. The molecule has 1 rings (SSSR count). The molecule has 0 unspecified atom stereocenters. The van der Waals surface area contributed by atoms with Gasteiger partial charge in [0.25, 0.3) is 0 Å². The van der Waals surface area contributed by atoms with E-state index in [0.717, 1.165) is 12.1 Å². The normalized spacial score (nSPS) is 12.1. The average molecular weight is 325 g/mol. The minimum atomic E-state index is 0.0840. The molecule has 0 aliphatic heterocycles. The summed E-state index contributed by atoms with van der Waals surface area (Å²) in [6, 6.07) is 0. The van der Waals surface area contributed by atoms with E-state index in [1.807, 2.05) is 24.7 Å². The largest absolute Gasteiger partial charge is 0.379 e. The van der Waals surface area contributed by atoms with Crippen molar-refractivity contribution in [3.8, 4) is 0 Å². The van der Waals surface area contributed by atoms with Crippen molar-refractivity contribution < 1.29 is 14.3 Å². The van der Waals surface area contributed by atoms with E-state index in [1.54, 1.807) is 0 Å².